The number of rotatable bonds is 4. The van der Waals surface area contributed by atoms with Crippen LogP contribution >= 0.6 is 0 Å². The molecule has 0 aromatic rings. The molecule has 0 saturated carbocycles. The minimum atomic E-state index is -1.32. The standard InChI is InChI=1S/C11H18N2O5/c14-10-7-9(18-11(15)16)8-13(10)2-1-12-3-5-17-6-4-12/h9H,1-8H2,(H,15,16). The Kier molecular flexibility index (Phi) is 4.38. The van der Waals surface area contributed by atoms with Gasteiger partial charge < -0.3 is 19.5 Å². The van der Waals surface area contributed by atoms with E-state index in [0.717, 1.165) is 32.8 Å². The second-order valence-electron chi connectivity index (χ2n) is 4.50. The number of morpholine rings is 1. The Morgan fingerprint density at radius 1 is 1.39 bits per heavy atom. The van der Waals surface area contributed by atoms with Crippen LogP contribution in [0.1, 0.15) is 6.42 Å². The van der Waals surface area contributed by atoms with Crippen LogP contribution in [0, 0.1) is 0 Å². The maximum absolute atomic E-state index is 11.6. The lowest BCUT2D eigenvalue weighted by atomic mass is 10.3. The van der Waals surface area contributed by atoms with Gasteiger partial charge >= 0.3 is 6.16 Å². The molecule has 2 rings (SSSR count). The molecule has 0 radical (unpaired) electrons. The fourth-order valence-corrected chi connectivity index (χ4v) is 2.26. The highest BCUT2D eigenvalue weighted by Gasteiger charge is 2.32. The fourth-order valence-electron chi connectivity index (χ4n) is 2.26. The Bertz CT molecular complexity index is 317. The van der Waals surface area contributed by atoms with Crippen LogP contribution in [0.2, 0.25) is 0 Å². The van der Waals surface area contributed by atoms with Gasteiger partial charge in [-0.05, 0) is 0 Å². The molecule has 18 heavy (non-hydrogen) atoms. The van der Waals surface area contributed by atoms with Gasteiger partial charge in [-0.15, -0.1) is 0 Å². The molecule has 1 atom stereocenters. The fraction of sp³-hybridized carbons (Fsp3) is 0.818. The lowest BCUT2D eigenvalue weighted by molar-refractivity contribution is -0.128. The maximum atomic E-state index is 11.6. The highest BCUT2D eigenvalue weighted by molar-refractivity contribution is 5.79. The summed E-state index contributed by atoms with van der Waals surface area (Å²) >= 11 is 0. The molecule has 0 spiro atoms. The zero-order valence-corrected chi connectivity index (χ0v) is 10.2. The molecule has 2 saturated heterocycles. The topological polar surface area (TPSA) is 79.3 Å². The van der Waals surface area contributed by atoms with E-state index >= 15 is 0 Å². The van der Waals surface area contributed by atoms with Crippen LogP contribution in [0.4, 0.5) is 4.79 Å². The summed E-state index contributed by atoms with van der Waals surface area (Å²) in [5.41, 5.74) is 0. The summed E-state index contributed by atoms with van der Waals surface area (Å²) in [7, 11) is 0. The first-order chi connectivity index (χ1) is 8.65. The number of carboxylic acid groups (broad SMARTS) is 1. The molecule has 7 nitrogen and oxygen atoms in total. The van der Waals surface area contributed by atoms with E-state index in [-0.39, 0.29) is 12.3 Å². The number of carbonyl (C=O) groups excluding carboxylic acids is 1. The van der Waals surface area contributed by atoms with Crippen molar-refractivity contribution < 1.29 is 24.2 Å². The minimum Gasteiger partial charge on any atom is -0.450 e. The van der Waals surface area contributed by atoms with Crippen LogP contribution in [0.3, 0.4) is 0 Å². The van der Waals surface area contributed by atoms with E-state index in [0.29, 0.717) is 13.1 Å². The van der Waals surface area contributed by atoms with Gasteiger partial charge in [-0.25, -0.2) is 4.79 Å². The Labute approximate surface area is 105 Å². The smallest absolute Gasteiger partial charge is 0.450 e. The largest absolute Gasteiger partial charge is 0.506 e. The molecule has 2 heterocycles. The zero-order chi connectivity index (χ0) is 13.0. The lowest BCUT2D eigenvalue weighted by Crippen LogP contribution is -2.42. The predicted octanol–water partition coefficient (Wildman–Crippen LogP) is -0.386. The highest BCUT2D eigenvalue weighted by atomic mass is 16.7. The van der Waals surface area contributed by atoms with Crippen LogP contribution in [-0.2, 0) is 14.3 Å². The second-order valence-corrected chi connectivity index (χ2v) is 4.50. The van der Waals surface area contributed by atoms with Crippen LogP contribution in [-0.4, -0.2) is 79.0 Å². The van der Waals surface area contributed by atoms with Gasteiger partial charge in [0.1, 0.15) is 6.10 Å². The average molecular weight is 258 g/mol. The molecule has 102 valence electrons. The molecule has 0 bridgehead atoms. The molecule has 0 aromatic carbocycles. The summed E-state index contributed by atoms with van der Waals surface area (Å²) < 4.78 is 9.87. The summed E-state index contributed by atoms with van der Waals surface area (Å²) in [4.78, 5) is 26.0. The van der Waals surface area contributed by atoms with Gasteiger partial charge in [-0.3, -0.25) is 9.69 Å². The van der Waals surface area contributed by atoms with E-state index in [1.54, 1.807) is 4.90 Å². The quantitative estimate of drug-likeness (QED) is 0.692. The highest BCUT2D eigenvalue weighted by Crippen LogP contribution is 2.14. The van der Waals surface area contributed by atoms with Crippen molar-refractivity contribution in [1.82, 2.24) is 9.80 Å². The molecule has 1 unspecified atom stereocenters. The Morgan fingerprint density at radius 3 is 2.78 bits per heavy atom. The van der Waals surface area contributed by atoms with E-state index < -0.39 is 12.3 Å². The Morgan fingerprint density at radius 2 is 2.11 bits per heavy atom. The van der Waals surface area contributed by atoms with Gasteiger partial charge in [-0.2, -0.15) is 0 Å². The maximum Gasteiger partial charge on any atom is 0.506 e. The van der Waals surface area contributed by atoms with Gasteiger partial charge in [-0.1, -0.05) is 0 Å². The third-order valence-electron chi connectivity index (χ3n) is 3.24. The van der Waals surface area contributed by atoms with Crippen molar-refractivity contribution in [2.45, 2.75) is 12.5 Å². The molecule has 0 aliphatic carbocycles. The van der Waals surface area contributed by atoms with E-state index in [2.05, 4.69) is 9.64 Å². The van der Waals surface area contributed by atoms with Gasteiger partial charge in [0.25, 0.3) is 0 Å². The molecule has 2 aliphatic heterocycles. The molecule has 2 aliphatic rings. The van der Waals surface area contributed by atoms with Gasteiger partial charge in [0.05, 0.1) is 26.2 Å². The first kappa shape index (κ1) is 13.1. The van der Waals surface area contributed by atoms with E-state index in [4.69, 9.17) is 9.84 Å². The predicted molar refractivity (Wildman–Crippen MR) is 61.4 cm³/mol. The van der Waals surface area contributed by atoms with Crippen molar-refractivity contribution in [2.75, 3.05) is 45.9 Å². The van der Waals surface area contributed by atoms with Crippen molar-refractivity contribution in [1.29, 1.82) is 0 Å². The van der Waals surface area contributed by atoms with E-state index in [1.807, 2.05) is 0 Å². The van der Waals surface area contributed by atoms with Gasteiger partial charge in [0.15, 0.2) is 0 Å². The molecular formula is C11H18N2O5. The first-order valence-corrected chi connectivity index (χ1v) is 6.12. The van der Waals surface area contributed by atoms with Crippen LogP contribution < -0.4 is 0 Å². The van der Waals surface area contributed by atoms with Crippen LogP contribution in [0.15, 0.2) is 0 Å². The van der Waals surface area contributed by atoms with Crippen molar-refractivity contribution in [3.63, 3.8) is 0 Å². The van der Waals surface area contributed by atoms with Crippen molar-refractivity contribution in [3.8, 4) is 0 Å². The Hall–Kier alpha value is -1.34. The van der Waals surface area contributed by atoms with Crippen molar-refractivity contribution in [2.24, 2.45) is 0 Å². The molecule has 0 aromatic heterocycles. The number of amides is 1. The Balaban J connectivity index is 1.72. The molecule has 1 amide bonds. The summed E-state index contributed by atoms with van der Waals surface area (Å²) in [5.74, 6) is -0.0329. The van der Waals surface area contributed by atoms with Crippen molar-refractivity contribution >= 4 is 12.1 Å². The number of ether oxygens (including phenoxy) is 2. The minimum absolute atomic E-state index is 0.0329. The molecule has 1 N–H and O–H groups in total. The third-order valence-corrected chi connectivity index (χ3v) is 3.24. The SMILES string of the molecule is O=C(O)OC1CC(=O)N(CCN2CCOCC2)C1. The summed E-state index contributed by atoms with van der Waals surface area (Å²) in [6.45, 7) is 5.04. The van der Waals surface area contributed by atoms with E-state index in [9.17, 15) is 9.59 Å². The number of hydrogen-bond donors (Lipinski definition) is 1. The van der Waals surface area contributed by atoms with E-state index in [1.165, 1.54) is 0 Å². The summed E-state index contributed by atoms with van der Waals surface area (Å²) in [6, 6.07) is 0. The monoisotopic (exact) mass is 258 g/mol. The molecule has 7 heteroatoms. The normalized spacial score (nSPS) is 25.4. The summed E-state index contributed by atoms with van der Waals surface area (Å²) in [6.07, 6.45) is -1.67. The third kappa shape index (κ3) is 3.58. The molecule has 2 fully saturated rings. The number of nitrogens with zero attached hydrogens (tertiary/aromatic N) is 2. The molecular weight excluding hydrogens is 240 g/mol. The van der Waals surface area contributed by atoms with Crippen molar-refractivity contribution in [3.05, 3.63) is 0 Å². The second kappa shape index (κ2) is 6.01. The lowest BCUT2D eigenvalue weighted by Gasteiger charge is -2.28. The average Bonchev–Trinajstić information content (AvgIpc) is 2.67. The number of likely N-dealkylation sites (tertiary alicyclic amines) is 1. The first-order valence-electron chi connectivity index (χ1n) is 6.12. The summed E-state index contributed by atoms with van der Waals surface area (Å²) in [5, 5.41) is 8.51. The number of hydrogen-bond acceptors (Lipinski definition) is 5. The van der Waals surface area contributed by atoms with Gasteiger partial charge in [0, 0.05) is 26.2 Å². The zero-order valence-electron chi connectivity index (χ0n) is 10.2. The van der Waals surface area contributed by atoms with Crippen LogP contribution in [0.25, 0.3) is 0 Å². The number of carbonyl (C=O) groups is 2. The van der Waals surface area contributed by atoms with Crippen LogP contribution in [0.5, 0.6) is 0 Å². The van der Waals surface area contributed by atoms with Gasteiger partial charge in [0.2, 0.25) is 5.91 Å².